The molecule has 6 heteroatoms. The molecule has 0 bridgehead atoms. The van der Waals surface area contributed by atoms with E-state index in [4.69, 9.17) is 4.74 Å². The van der Waals surface area contributed by atoms with Crippen LogP contribution in [-0.4, -0.2) is 50.8 Å². The van der Waals surface area contributed by atoms with E-state index in [0.717, 1.165) is 76.3 Å². The molecule has 0 radical (unpaired) electrons. The molecule has 1 aliphatic heterocycles. The largest absolute Gasteiger partial charge is 0.495 e. The topological polar surface area (TPSA) is 45.1 Å². The minimum Gasteiger partial charge on any atom is -0.495 e. The summed E-state index contributed by atoms with van der Waals surface area (Å²) in [4.78, 5) is 16.8. The summed E-state index contributed by atoms with van der Waals surface area (Å²) in [5.74, 6) is 0.785. The number of piperazine rings is 1. The summed E-state index contributed by atoms with van der Waals surface area (Å²) < 4.78 is 20.3. The first-order valence-electron chi connectivity index (χ1n) is 12.4. The van der Waals surface area contributed by atoms with Gasteiger partial charge in [-0.25, -0.2) is 4.39 Å². The summed E-state index contributed by atoms with van der Waals surface area (Å²) in [7, 11) is 1.71. The van der Waals surface area contributed by atoms with Gasteiger partial charge in [0, 0.05) is 32.1 Å². The Morgan fingerprint density at radius 1 is 1.00 bits per heavy atom. The molecule has 1 aliphatic carbocycles. The zero-order valence-corrected chi connectivity index (χ0v) is 19.7. The van der Waals surface area contributed by atoms with Gasteiger partial charge in [0.05, 0.1) is 12.8 Å². The van der Waals surface area contributed by atoms with Crippen LogP contribution in [0.3, 0.4) is 0 Å². The maximum atomic E-state index is 14.8. The first kappa shape index (κ1) is 23.7. The lowest BCUT2D eigenvalue weighted by molar-refractivity contribution is 0.221. The highest BCUT2D eigenvalue weighted by molar-refractivity contribution is 5.58. The van der Waals surface area contributed by atoms with Crippen LogP contribution in [0.15, 0.2) is 53.7 Å². The van der Waals surface area contributed by atoms with Gasteiger partial charge in [0.15, 0.2) is 0 Å². The molecule has 4 rings (SSSR count). The van der Waals surface area contributed by atoms with Crippen LogP contribution in [0, 0.1) is 16.6 Å². The molecular formula is C27H36FN3O2. The van der Waals surface area contributed by atoms with Crippen molar-refractivity contribution >= 4 is 5.69 Å². The lowest BCUT2D eigenvalue weighted by Crippen LogP contribution is -2.47. The summed E-state index contributed by atoms with van der Waals surface area (Å²) in [5.41, 5.74) is 1.78. The van der Waals surface area contributed by atoms with E-state index in [-0.39, 0.29) is 23.7 Å². The number of rotatable bonds is 9. The standard InChI is InChI=1S/C27H36FN3O2/c1-33-26-14-8-7-13-25(26)31-19-17-30(18-20-31)16-15-23(22-11-5-6-12-24(22)28)27(29-32)21-9-3-2-4-10-21/h5-8,11-14,21,23,27H,2-4,9-10,15-20H2,1H3. The molecule has 0 amide bonds. The summed E-state index contributed by atoms with van der Waals surface area (Å²) in [6, 6.07) is 14.7. The van der Waals surface area contributed by atoms with Gasteiger partial charge in [-0.05, 0) is 55.5 Å². The third-order valence-electron chi connectivity index (χ3n) is 7.53. The number of para-hydroxylation sites is 2. The van der Waals surface area contributed by atoms with E-state index in [2.05, 4.69) is 21.0 Å². The third kappa shape index (κ3) is 5.72. The van der Waals surface area contributed by atoms with Crippen molar-refractivity contribution in [1.29, 1.82) is 0 Å². The van der Waals surface area contributed by atoms with Crippen molar-refractivity contribution in [3.8, 4) is 5.75 Å². The van der Waals surface area contributed by atoms with Gasteiger partial charge in [0.2, 0.25) is 0 Å². The van der Waals surface area contributed by atoms with Gasteiger partial charge in [-0.3, -0.25) is 4.90 Å². The van der Waals surface area contributed by atoms with E-state index in [1.54, 1.807) is 13.2 Å². The van der Waals surface area contributed by atoms with Gasteiger partial charge in [-0.15, -0.1) is 0 Å². The first-order valence-corrected chi connectivity index (χ1v) is 12.4. The van der Waals surface area contributed by atoms with E-state index < -0.39 is 0 Å². The maximum absolute atomic E-state index is 14.8. The highest BCUT2D eigenvalue weighted by Gasteiger charge is 2.34. The fourth-order valence-corrected chi connectivity index (χ4v) is 5.67. The molecular weight excluding hydrogens is 417 g/mol. The molecule has 2 aliphatic rings. The second-order valence-electron chi connectivity index (χ2n) is 9.41. The normalized spacial score (nSPS) is 19.8. The summed E-state index contributed by atoms with van der Waals surface area (Å²) in [5, 5.41) is 3.61. The van der Waals surface area contributed by atoms with Crippen LogP contribution >= 0.6 is 0 Å². The van der Waals surface area contributed by atoms with Crippen molar-refractivity contribution in [2.75, 3.05) is 44.7 Å². The Morgan fingerprint density at radius 2 is 1.70 bits per heavy atom. The molecule has 2 aromatic carbocycles. The molecule has 0 N–H and O–H groups in total. The Kier molecular flexibility index (Phi) is 8.32. The summed E-state index contributed by atoms with van der Waals surface area (Å²) in [6.07, 6.45) is 6.32. The zero-order valence-electron chi connectivity index (χ0n) is 19.7. The molecule has 0 aromatic heterocycles. The molecule has 1 heterocycles. The lowest BCUT2D eigenvalue weighted by Gasteiger charge is -2.38. The second-order valence-corrected chi connectivity index (χ2v) is 9.41. The van der Waals surface area contributed by atoms with Crippen LogP contribution in [-0.2, 0) is 0 Å². The Morgan fingerprint density at radius 3 is 2.39 bits per heavy atom. The first-order chi connectivity index (χ1) is 16.2. The molecule has 1 saturated heterocycles. The Bertz CT molecular complexity index is 894. The zero-order chi connectivity index (χ0) is 23.0. The number of ether oxygens (including phenoxy) is 1. The highest BCUT2D eigenvalue weighted by atomic mass is 19.1. The third-order valence-corrected chi connectivity index (χ3v) is 7.53. The van der Waals surface area contributed by atoms with E-state index in [0.29, 0.717) is 5.56 Å². The smallest absolute Gasteiger partial charge is 0.142 e. The predicted molar refractivity (Wildman–Crippen MR) is 132 cm³/mol. The number of halogens is 1. The van der Waals surface area contributed by atoms with Gasteiger partial charge in [-0.1, -0.05) is 54.8 Å². The lowest BCUT2D eigenvalue weighted by atomic mass is 9.75. The minimum atomic E-state index is -0.350. The van der Waals surface area contributed by atoms with E-state index in [9.17, 15) is 9.30 Å². The molecule has 2 aromatic rings. The molecule has 5 nitrogen and oxygen atoms in total. The second kappa shape index (κ2) is 11.6. The Labute approximate surface area is 196 Å². The van der Waals surface area contributed by atoms with Crippen LogP contribution in [0.4, 0.5) is 10.1 Å². The van der Waals surface area contributed by atoms with Crippen LogP contribution in [0.1, 0.15) is 50.0 Å². The van der Waals surface area contributed by atoms with Crippen molar-refractivity contribution in [1.82, 2.24) is 4.90 Å². The van der Waals surface area contributed by atoms with Crippen molar-refractivity contribution in [2.45, 2.75) is 50.5 Å². The van der Waals surface area contributed by atoms with Crippen molar-refractivity contribution in [3.63, 3.8) is 0 Å². The van der Waals surface area contributed by atoms with Gasteiger partial charge >= 0.3 is 0 Å². The Hall–Kier alpha value is -2.47. The van der Waals surface area contributed by atoms with E-state index in [1.165, 1.54) is 12.5 Å². The number of benzene rings is 2. The fraction of sp³-hybridized carbons (Fsp3) is 0.556. The number of nitrogens with zero attached hydrogens (tertiary/aromatic N) is 3. The molecule has 2 fully saturated rings. The average Bonchev–Trinajstić information content (AvgIpc) is 2.88. The maximum Gasteiger partial charge on any atom is 0.142 e. The van der Waals surface area contributed by atoms with Gasteiger partial charge < -0.3 is 9.64 Å². The Balaban J connectivity index is 1.42. The molecule has 178 valence electrons. The van der Waals surface area contributed by atoms with Crippen LogP contribution < -0.4 is 9.64 Å². The molecule has 33 heavy (non-hydrogen) atoms. The van der Waals surface area contributed by atoms with E-state index >= 15 is 0 Å². The van der Waals surface area contributed by atoms with Gasteiger partial charge in [0.1, 0.15) is 17.6 Å². The average molecular weight is 454 g/mol. The number of methoxy groups -OCH3 is 1. The van der Waals surface area contributed by atoms with Crippen LogP contribution in [0.2, 0.25) is 0 Å². The fourth-order valence-electron chi connectivity index (χ4n) is 5.67. The quantitative estimate of drug-likeness (QED) is 0.447. The minimum absolute atomic E-state index is 0.168. The number of hydrogen-bond acceptors (Lipinski definition) is 5. The van der Waals surface area contributed by atoms with Crippen molar-refractivity contribution < 1.29 is 9.13 Å². The van der Waals surface area contributed by atoms with Crippen LogP contribution in [0.25, 0.3) is 0 Å². The van der Waals surface area contributed by atoms with E-state index in [1.807, 2.05) is 30.3 Å². The molecule has 2 atom stereocenters. The van der Waals surface area contributed by atoms with Crippen molar-refractivity contribution in [2.24, 2.45) is 11.1 Å². The van der Waals surface area contributed by atoms with Gasteiger partial charge in [0.25, 0.3) is 0 Å². The number of nitroso groups, excluding NO2 is 1. The molecule has 1 saturated carbocycles. The summed E-state index contributed by atoms with van der Waals surface area (Å²) >= 11 is 0. The number of anilines is 1. The SMILES string of the molecule is COc1ccccc1N1CCN(CCC(c2ccccc2F)C(N=O)C2CCCCC2)CC1. The van der Waals surface area contributed by atoms with Crippen molar-refractivity contribution in [3.05, 3.63) is 64.8 Å². The van der Waals surface area contributed by atoms with Gasteiger partial charge in [-0.2, -0.15) is 4.91 Å². The highest BCUT2D eigenvalue weighted by Crippen LogP contribution is 2.38. The molecule has 2 unspecified atom stereocenters. The predicted octanol–water partition coefficient (Wildman–Crippen LogP) is 5.85. The monoisotopic (exact) mass is 453 g/mol. The van der Waals surface area contributed by atoms with Crippen LogP contribution in [0.5, 0.6) is 5.75 Å². The number of hydrogen-bond donors (Lipinski definition) is 0. The summed E-state index contributed by atoms with van der Waals surface area (Å²) in [6.45, 7) is 4.55. The molecule has 0 spiro atoms.